The second-order valence-corrected chi connectivity index (χ2v) is 5.56. The van der Waals surface area contributed by atoms with Crippen molar-refractivity contribution in [3.63, 3.8) is 0 Å². The minimum Gasteiger partial charge on any atom is -0.298 e. The highest BCUT2D eigenvalue weighted by molar-refractivity contribution is 5.83. The van der Waals surface area contributed by atoms with E-state index in [9.17, 15) is 10.1 Å². The zero-order valence-corrected chi connectivity index (χ0v) is 13.5. The molecule has 2 aliphatic rings. The quantitative estimate of drug-likeness (QED) is 0.755. The molecule has 3 heteroatoms. The highest BCUT2D eigenvalue weighted by Gasteiger charge is 2.32. The van der Waals surface area contributed by atoms with Gasteiger partial charge in [0, 0.05) is 12.1 Å². The van der Waals surface area contributed by atoms with Gasteiger partial charge in [-0.05, 0) is 30.0 Å². The van der Waals surface area contributed by atoms with Crippen molar-refractivity contribution >= 4 is 12.0 Å². The van der Waals surface area contributed by atoms with Crippen LogP contribution < -0.4 is 0 Å². The lowest BCUT2D eigenvalue weighted by molar-refractivity contribution is -0.135. The lowest BCUT2D eigenvalue weighted by Crippen LogP contribution is -2.37. The number of carbonyl (C=O) groups is 1. The summed E-state index contributed by atoms with van der Waals surface area (Å²) in [5.41, 5.74) is 1.97. The number of amides is 1. The van der Waals surface area contributed by atoms with Gasteiger partial charge in [-0.25, -0.2) is 0 Å². The van der Waals surface area contributed by atoms with Crippen molar-refractivity contribution in [2.24, 2.45) is 5.92 Å². The van der Waals surface area contributed by atoms with E-state index in [0.717, 1.165) is 36.8 Å². The van der Waals surface area contributed by atoms with E-state index in [1.807, 2.05) is 44.2 Å². The van der Waals surface area contributed by atoms with Gasteiger partial charge in [0.05, 0.1) is 6.07 Å². The van der Waals surface area contributed by atoms with Gasteiger partial charge in [-0.1, -0.05) is 57.4 Å². The van der Waals surface area contributed by atoms with Gasteiger partial charge in [0.2, 0.25) is 5.91 Å². The Labute approximate surface area is 133 Å². The van der Waals surface area contributed by atoms with Crippen LogP contribution in [0.5, 0.6) is 0 Å². The predicted molar refractivity (Wildman–Crippen MR) is 88.6 cm³/mol. The van der Waals surface area contributed by atoms with E-state index in [1.165, 1.54) is 6.42 Å². The molecule has 0 saturated heterocycles. The van der Waals surface area contributed by atoms with E-state index in [-0.39, 0.29) is 11.8 Å². The van der Waals surface area contributed by atoms with E-state index < -0.39 is 6.04 Å². The van der Waals surface area contributed by atoms with Crippen LogP contribution in [0.4, 0.5) is 0 Å². The van der Waals surface area contributed by atoms with Crippen LogP contribution >= 0.6 is 0 Å². The molecule has 0 radical (unpaired) electrons. The van der Waals surface area contributed by atoms with Crippen molar-refractivity contribution in [1.29, 1.82) is 5.26 Å². The summed E-state index contributed by atoms with van der Waals surface area (Å²) in [5, 5.41) is 9.48. The SMILES string of the molecule is CC.N#CC1c2ccccc2C=CN1C(=O)C1CCCCC1. The smallest absolute Gasteiger partial charge is 0.231 e. The van der Waals surface area contributed by atoms with Crippen molar-refractivity contribution in [3.05, 3.63) is 41.6 Å². The lowest BCUT2D eigenvalue weighted by Gasteiger charge is -2.32. The highest BCUT2D eigenvalue weighted by Crippen LogP contribution is 2.33. The number of carbonyl (C=O) groups excluding carboxylic acids is 1. The second-order valence-electron chi connectivity index (χ2n) is 5.56. The predicted octanol–water partition coefficient (Wildman–Crippen LogP) is 4.67. The van der Waals surface area contributed by atoms with Crippen molar-refractivity contribution in [2.75, 3.05) is 0 Å². The fourth-order valence-electron chi connectivity index (χ4n) is 3.20. The summed E-state index contributed by atoms with van der Waals surface area (Å²) in [6.07, 6.45) is 9.12. The molecule has 1 aromatic carbocycles. The zero-order valence-electron chi connectivity index (χ0n) is 13.5. The van der Waals surface area contributed by atoms with Crippen LogP contribution in [0.2, 0.25) is 0 Å². The van der Waals surface area contributed by atoms with Crippen LogP contribution in [0, 0.1) is 17.2 Å². The number of nitrogens with zero attached hydrogens (tertiary/aromatic N) is 2. The molecule has 1 amide bonds. The molecule has 1 aliphatic heterocycles. The van der Waals surface area contributed by atoms with Crippen LogP contribution in [-0.4, -0.2) is 10.8 Å². The molecule has 0 spiro atoms. The topological polar surface area (TPSA) is 44.1 Å². The molecule has 0 aromatic heterocycles. The van der Waals surface area contributed by atoms with Crippen LogP contribution in [0.15, 0.2) is 30.5 Å². The molecule has 1 aliphatic carbocycles. The van der Waals surface area contributed by atoms with Crippen molar-refractivity contribution in [1.82, 2.24) is 4.90 Å². The number of rotatable bonds is 1. The Hall–Kier alpha value is -2.08. The van der Waals surface area contributed by atoms with Crippen LogP contribution in [-0.2, 0) is 4.79 Å². The average molecular weight is 296 g/mol. The largest absolute Gasteiger partial charge is 0.298 e. The molecule has 1 aromatic rings. The van der Waals surface area contributed by atoms with Gasteiger partial charge in [-0.15, -0.1) is 0 Å². The molecular weight excluding hydrogens is 272 g/mol. The van der Waals surface area contributed by atoms with Gasteiger partial charge >= 0.3 is 0 Å². The fraction of sp³-hybridized carbons (Fsp3) is 0.474. The summed E-state index contributed by atoms with van der Waals surface area (Å²) in [7, 11) is 0. The first-order valence-electron chi connectivity index (χ1n) is 8.30. The molecule has 1 heterocycles. The third-order valence-electron chi connectivity index (χ3n) is 4.31. The van der Waals surface area contributed by atoms with Crippen LogP contribution in [0.1, 0.15) is 63.1 Å². The molecule has 0 bridgehead atoms. The molecule has 1 saturated carbocycles. The van der Waals surface area contributed by atoms with E-state index in [4.69, 9.17) is 0 Å². The van der Waals surface area contributed by atoms with Crippen LogP contribution in [0.3, 0.4) is 0 Å². The monoisotopic (exact) mass is 296 g/mol. The molecule has 22 heavy (non-hydrogen) atoms. The molecule has 0 N–H and O–H groups in total. The standard InChI is InChI=1S/C17H18N2O.C2H6/c18-12-16-15-9-5-4-6-13(15)10-11-19(16)17(20)14-7-2-1-3-8-14;1-2/h4-6,9-11,14,16H,1-3,7-8H2;1-2H3. The van der Waals surface area contributed by atoms with Crippen LogP contribution in [0.25, 0.3) is 6.08 Å². The summed E-state index contributed by atoms with van der Waals surface area (Å²) in [4.78, 5) is 14.3. The van der Waals surface area contributed by atoms with E-state index in [0.29, 0.717) is 0 Å². The van der Waals surface area contributed by atoms with Gasteiger partial charge in [0.15, 0.2) is 0 Å². The number of hydrogen-bond acceptors (Lipinski definition) is 2. The number of hydrogen-bond donors (Lipinski definition) is 0. The maximum Gasteiger partial charge on any atom is 0.231 e. The normalized spacial score (nSPS) is 20.4. The Kier molecular flexibility index (Phi) is 5.77. The first-order chi connectivity index (χ1) is 10.8. The summed E-state index contributed by atoms with van der Waals surface area (Å²) in [6.45, 7) is 4.00. The first kappa shape index (κ1) is 16.3. The maximum absolute atomic E-state index is 12.7. The summed E-state index contributed by atoms with van der Waals surface area (Å²) in [6, 6.07) is 9.60. The second kappa shape index (κ2) is 7.79. The summed E-state index contributed by atoms with van der Waals surface area (Å²) in [5.74, 6) is 0.205. The molecule has 1 fully saturated rings. The third-order valence-corrected chi connectivity index (χ3v) is 4.31. The molecule has 116 valence electrons. The minimum atomic E-state index is -0.481. The van der Waals surface area contributed by atoms with Gasteiger partial charge in [0.1, 0.15) is 6.04 Å². The Morgan fingerprint density at radius 2 is 1.86 bits per heavy atom. The van der Waals surface area contributed by atoms with Gasteiger partial charge in [0.25, 0.3) is 0 Å². The Bertz CT molecular complexity index is 579. The average Bonchev–Trinajstić information content (AvgIpc) is 2.62. The van der Waals surface area contributed by atoms with Crippen molar-refractivity contribution in [3.8, 4) is 6.07 Å². The van der Waals surface area contributed by atoms with Gasteiger partial charge in [-0.3, -0.25) is 9.69 Å². The third kappa shape index (κ3) is 3.22. The summed E-state index contributed by atoms with van der Waals surface area (Å²) >= 11 is 0. The van der Waals surface area contributed by atoms with E-state index >= 15 is 0 Å². The zero-order chi connectivity index (χ0) is 15.9. The lowest BCUT2D eigenvalue weighted by atomic mass is 9.87. The van der Waals surface area contributed by atoms with Gasteiger partial charge in [-0.2, -0.15) is 5.26 Å². The van der Waals surface area contributed by atoms with Gasteiger partial charge < -0.3 is 0 Å². The van der Waals surface area contributed by atoms with Crippen molar-refractivity contribution in [2.45, 2.75) is 52.0 Å². The minimum absolute atomic E-state index is 0.0921. The number of nitriles is 1. The maximum atomic E-state index is 12.7. The molecule has 1 unspecified atom stereocenters. The molecule has 3 nitrogen and oxygen atoms in total. The molecular formula is C19H24N2O. The molecule has 3 rings (SSSR count). The van der Waals surface area contributed by atoms with E-state index in [1.54, 1.807) is 11.1 Å². The number of benzene rings is 1. The Morgan fingerprint density at radius 1 is 1.18 bits per heavy atom. The highest BCUT2D eigenvalue weighted by atomic mass is 16.2. The fourth-order valence-corrected chi connectivity index (χ4v) is 3.20. The summed E-state index contributed by atoms with van der Waals surface area (Å²) < 4.78 is 0. The Morgan fingerprint density at radius 3 is 2.55 bits per heavy atom. The molecule has 1 atom stereocenters. The number of fused-ring (bicyclic) bond motifs is 1. The van der Waals surface area contributed by atoms with E-state index in [2.05, 4.69) is 6.07 Å². The Balaban J connectivity index is 0.000000847. The van der Waals surface area contributed by atoms with Crippen molar-refractivity contribution < 1.29 is 4.79 Å². The first-order valence-corrected chi connectivity index (χ1v) is 8.30.